The van der Waals surface area contributed by atoms with Gasteiger partial charge in [0.2, 0.25) is 0 Å². The summed E-state index contributed by atoms with van der Waals surface area (Å²) in [6.45, 7) is 5.68. The lowest BCUT2D eigenvalue weighted by Gasteiger charge is -2.31. The van der Waals surface area contributed by atoms with Gasteiger partial charge in [0, 0.05) is 10.6 Å². The zero-order valence-corrected chi connectivity index (χ0v) is 14.6. The van der Waals surface area contributed by atoms with Gasteiger partial charge in [-0.3, -0.25) is 5.43 Å². The molecule has 0 radical (unpaired) electrons. The molecule has 126 valence electrons. The highest BCUT2D eigenvalue weighted by molar-refractivity contribution is 6.30. The largest absolute Gasteiger partial charge is 0.370 e. The topological polar surface area (TPSA) is 38.1 Å². The number of anilines is 1. The van der Waals surface area contributed by atoms with E-state index in [0.29, 0.717) is 0 Å². The van der Waals surface area contributed by atoms with Gasteiger partial charge in [-0.2, -0.15) is 5.10 Å². The normalized spacial score (nSPS) is 17.5. The first-order valence-corrected chi connectivity index (χ1v) is 8.65. The molecule has 1 aliphatic rings. The van der Waals surface area contributed by atoms with Crippen LogP contribution in [-0.2, 0) is 4.74 Å². The van der Waals surface area contributed by atoms with Crippen molar-refractivity contribution >= 4 is 23.0 Å². The molecular weight excluding hydrogens is 322 g/mol. The lowest BCUT2D eigenvalue weighted by molar-refractivity contribution is -0.928. The zero-order valence-electron chi connectivity index (χ0n) is 13.8. The molecule has 2 N–H and O–H groups in total. The van der Waals surface area contributed by atoms with Gasteiger partial charge >= 0.3 is 0 Å². The molecule has 5 heteroatoms. The van der Waals surface area contributed by atoms with E-state index in [-0.39, 0.29) is 6.04 Å². The maximum absolute atomic E-state index is 5.93. The van der Waals surface area contributed by atoms with E-state index in [1.165, 1.54) is 10.5 Å². The Hall–Kier alpha value is -1.88. The van der Waals surface area contributed by atoms with Gasteiger partial charge in [0.15, 0.2) is 6.04 Å². The van der Waals surface area contributed by atoms with Crippen molar-refractivity contribution in [2.24, 2.45) is 5.10 Å². The molecule has 1 saturated heterocycles. The molecule has 0 aliphatic carbocycles. The fourth-order valence-corrected chi connectivity index (χ4v) is 3.21. The molecule has 0 spiro atoms. The second-order valence-electron chi connectivity index (χ2n) is 5.99. The summed E-state index contributed by atoms with van der Waals surface area (Å²) < 4.78 is 5.52. The van der Waals surface area contributed by atoms with Crippen LogP contribution in [0, 0.1) is 0 Å². The van der Waals surface area contributed by atoms with Crippen LogP contribution in [0.5, 0.6) is 0 Å². The van der Waals surface area contributed by atoms with Gasteiger partial charge in [-0.1, -0.05) is 41.9 Å². The minimum Gasteiger partial charge on any atom is -0.370 e. The molecule has 0 amide bonds. The predicted molar refractivity (Wildman–Crippen MR) is 98.9 cm³/mol. The highest BCUT2D eigenvalue weighted by Gasteiger charge is 2.28. The van der Waals surface area contributed by atoms with Crippen LogP contribution in [-0.4, -0.2) is 32.0 Å². The summed E-state index contributed by atoms with van der Waals surface area (Å²) >= 11 is 5.93. The van der Waals surface area contributed by atoms with Crippen molar-refractivity contribution in [3.63, 3.8) is 0 Å². The lowest BCUT2D eigenvalue weighted by Crippen LogP contribution is -3.15. The fourth-order valence-electron chi connectivity index (χ4n) is 3.08. The second kappa shape index (κ2) is 8.29. The highest BCUT2D eigenvalue weighted by Crippen LogP contribution is 2.15. The summed E-state index contributed by atoms with van der Waals surface area (Å²) in [5.74, 6) is 0. The van der Waals surface area contributed by atoms with E-state index in [1.54, 1.807) is 0 Å². The summed E-state index contributed by atoms with van der Waals surface area (Å²) in [6.07, 6.45) is 0. The van der Waals surface area contributed by atoms with Crippen LogP contribution in [0.4, 0.5) is 5.69 Å². The average molecular weight is 345 g/mol. The number of rotatable bonds is 5. The number of quaternary nitrogens is 1. The molecule has 24 heavy (non-hydrogen) atoms. The van der Waals surface area contributed by atoms with E-state index in [1.807, 2.05) is 30.3 Å². The van der Waals surface area contributed by atoms with Crippen LogP contribution < -0.4 is 10.3 Å². The monoisotopic (exact) mass is 344 g/mol. The third kappa shape index (κ3) is 4.35. The van der Waals surface area contributed by atoms with Crippen molar-refractivity contribution in [3.8, 4) is 0 Å². The maximum atomic E-state index is 5.93. The standard InChI is InChI=1S/C19H22ClN3O/c1-15(21-22-18-9-7-17(20)8-10-18)19(16-5-3-2-4-6-16)23-11-13-24-14-12-23/h2-10,19,22H,11-14H2,1H3/p+1/b21-15-/t19-/m1/s1. The number of halogens is 1. The third-order valence-electron chi connectivity index (χ3n) is 4.30. The van der Waals surface area contributed by atoms with E-state index in [2.05, 4.69) is 41.7 Å². The van der Waals surface area contributed by atoms with Crippen LogP contribution in [0.25, 0.3) is 0 Å². The Labute approximate surface area is 148 Å². The number of ether oxygens (including phenoxy) is 1. The molecule has 1 aliphatic heterocycles. The number of nitrogens with one attached hydrogen (secondary N) is 2. The van der Waals surface area contributed by atoms with E-state index >= 15 is 0 Å². The average Bonchev–Trinajstić information content (AvgIpc) is 2.63. The number of benzene rings is 2. The van der Waals surface area contributed by atoms with Crippen molar-refractivity contribution in [1.82, 2.24) is 0 Å². The molecule has 2 aromatic rings. The Balaban J connectivity index is 1.80. The van der Waals surface area contributed by atoms with Crippen molar-refractivity contribution in [2.75, 3.05) is 31.7 Å². The molecule has 0 bridgehead atoms. The Morgan fingerprint density at radius 3 is 2.42 bits per heavy atom. The highest BCUT2D eigenvalue weighted by atomic mass is 35.5. The van der Waals surface area contributed by atoms with Crippen LogP contribution in [0.2, 0.25) is 5.02 Å². The van der Waals surface area contributed by atoms with Gasteiger partial charge in [-0.25, -0.2) is 0 Å². The molecule has 3 rings (SSSR count). The van der Waals surface area contributed by atoms with Crippen LogP contribution in [0.15, 0.2) is 59.7 Å². The lowest BCUT2D eigenvalue weighted by atomic mass is 10.0. The molecule has 0 saturated carbocycles. The van der Waals surface area contributed by atoms with Gasteiger partial charge in [-0.05, 0) is 31.2 Å². The first-order valence-electron chi connectivity index (χ1n) is 8.27. The molecule has 1 fully saturated rings. The maximum Gasteiger partial charge on any atom is 0.154 e. The van der Waals surface area contributed by atoms with Crippen LogP contribution in [0.1, 0.15) is 18.5 Å². The molecule has 4 nitrogen and oxygen atoms in total. The number of hydrogen-bond donors (Lipinski definition) is 2. The SMILES string of the molecule is C/C(=N/Nc1ccc(Cl)cc1)[C@H](c1ccccc1)[NH+]1CCOCC1. The summed E-state index contributed by atoms with van der Waals surface area (Å²) in [6, 6.07) is 18.4. The molecule has 0 aromatic heterocycles. The smallest absolute Gasteiger partial charge is 0.154 e. The predicted octanol–water partition coefficient (Wildman–Crippen LogP) is 2.78. The second-order valence-corrected chi connectivity index (χ2v) is 6.42. The van der Waals surface area contributed by atoms with Gasteiger partial charge in [-0.15, -0.1) is 0 Å². The molecule has 1 heterocycles. The van der Waals surface area contributed by atoms with Gasteiger partial charge in [0.1, 0.15) is 13.1 Å². The molecule has 1 atom stereocenters. The molecule has 2 aromatic carbocycles. The van der Waals surface area contributed by atoms with E-state index in [4.69, 9.17) is 16.3 Å². The molecule has 0 unspecified atom stereocenters. The Kier molecular flexibility index (Phi) is 5.86. The quantitative estimate of drug-likeness (QED) is 0.646. The van der Waals surface area contributed by atoms with E-state index in [9.17, 15) is 0 Å². The van der Waals surface area contributed by atoms with Crippen LogP contribution in [0.3, 0.4) is 0 Å². The summed E-state index contributed by atoms with van der Waals surface area (Å²) in [5.41, 5.74) is 6.43. The number of nitrogens with zero attached hydrogens (tertiary/aromatic N) is 1. The fraction of sp³-hybridized carbons (Fsp3) is 0.316. The van der Waals surface area contributed by atoms with Crippen molar-refractivity contribution in [1.29, 1.82) is 0 Å². The first kappa shape index (κ1) is 17.0. The van der Waals surface area contributed by atoms with Gasteiger partial charge < -0.3 is 9.64 Å². The number of morpholine rings is 1. The van der Waals surface area contributed by atoms with Gasteiger partial charge in [0.05, 0.1) is 24.6 Å². The Morgan fingerprint density at radius 2 is 1.75 bits per heavy atom. The summed E-state index contributed by atoms with van der Waals surface area (Å²) in [4.78, 5) is 1.49. The van der Waals surface area contributed by atoms with Crippen LogP contribution >= 0.6 is 11.6 Å². The number of hydrogen-bond acceptors (Lipinski definition) is 3. The Bertz CT molecular complexity index is 667. The minimum absolute atomic E-state index is 0.231. The summed E-state index contributed by atoms with van der Waals surface area (Å²) in [7, 11) is 0. The molecular formula is C19H23ClN3O+. The van der Waals surface area contributed by atoms with E-state index < -0.39 is 0 Å². The zero-order chi connectivity index (χ0) is 16.8. The minimum atomic E-state index is 0.231. The third-order valence-corrected chi connectivity index (χ3v) is 4.55. The van der Waals surface area contributed by atoms with Crippen molar-refractivity contribution in [3.05, 3.63) is 65.2 Å². The van der Waals surface area contributed by atoms with Crippen molar-refractivity contribution < 1.29 is 9.64 Å². The number of hydrazone groups is 1. The van der Waals surface area contributed by atoms with E-state index in [0.717, 1.165) is 42.7 Å². The van der Waals surface area contributed by atoms with Crippen molar-refractivity contribution in [2.45, 2.75) is 13.0 Å². The Morgan fingerprint density at radius 1 is 1.08 bits per heavy atom. The van der Waals surface area contributed by atoms with Gasteiger partial charge in [0.25, 0.3) is 0 Å². The summed E-state index contributed by atoms with van der Waals surface area (Å²) in [5, 5.41) is 5.36. The first-order chi connectivity index (χ1) is 11.7.